The minimum atomic E-state index is -0.314. The summed E-state index contributed by atoms with van der Waals surface area (Å²) in [5.41, 5.74) is 2.55. The van der Waals surface area contributed by atoms with Gasteiger partial charge in [0.15, 0.2) is 0 Å². The Morgan fingerprint density at radius 3 is 2.56 bits per heavy atom. The molecule has 0 unspecified atom stereocenters. The van der Waals surface area contributed by atoms with Crippen molar-refractivity contribution in [2.24, 2.45) is 0 Å². The number of hydrogen-bond acceptors (Lipinski definition) is 4. The van der Waals surface area contributed by atoms with Gasteiger partial charge in [-0.1, -0.05) is 40.2 Å². The topological polar surface area (TPSA) is 37.8 Å². The molecule has 0 atom stereocenters. The van der Waals surface area contributed by atoms with Crippen molar-refractivity contribution in [2.75, 3.05) is 5.32 Å². The molecular weight excluding hydrogens is 401 g/mol. The van der Waals surface area contributed by atoms with Crippen LogP contribution >= 0.6 is 27.3 Å². The van der Waals surface area contributed by atoms with Gasteiger partial charge < -0.3 is 5.32 Å². The zero-order valence-corrected chi connectivity index (χ0v) is 15.7. The number of thiophene rings is 1. The van der Waals surface area contributed by atoms with Gasteiger partial charge >= 0.3 is 0 Å². The molecule has 2 heterocycles. The van der Waals surface area contributed by atoms with Crippen LogP contribution in [0.15, 0.2) is 59.3 Å². The molecule has 0 amide bonds. The lowest BCUT2D eigenvalue weighted by atomic mass is 10.0. The minimum absolute atomic E-state index is 0.314. The summed E-state index contributed by atoms with van der Waals surface area (Å²) < 4.78 is 15.1. The van der Waals surface area contributed by atoms with Crippen LogP contribution in [-0.4, -0.2) is 9.97 Å². The number of para-hydroxylation sites is 1. The fourth-order valence-corrected chi connectivity index (χ4v) is 4.07. The van der Waals surface area contributed by atoms with Crippen LogP contribution in [0.1, 0.15) is 4.88 Å². The Kier molecular flexibility index (Phi) is 4.23. The molecule has 0 bridgehead atoms. The van der Waals surface area contributed by atoms with Gasteiger partial charge in [-0.05, 0) is 36.8 Å². The van der Waals surface area contributed by atoms with E-state index in [-0.39, 0.29) is 5.82 Å². The van der Waals surface area contributed by atoms with Crippen LogP contribution in [-0.2, 0) is 0 Å². The number of aryl methyl sites for hydroxylation is 1. The molecule has 0 fully saturated rings. The smallest absolute Gasteiger partial charge is 0.146 e. The zero-order valence-electron chi connectivity index (χ0n) is 13.3. The Balaban J connectivity index is 1.91. The predicted octanol–water partition coefficient (Wildman–Crippen LogP) is 6.31. The summed E-state index contributed by atoms with van der Waals surface area (Å²) in [6.07, 6.45) is 1.51. The molecule has 0 spiro atoms. The second-order valence-corrected chi connectivity index (χ2v) is 7.67. The molecule has 0 radical (unpaired) electrons. The van der Waals surface area contributed by atoms with Gasteiger partial charge in [0.2, 0.25) is 0 Å². The Bertz CT molecular complexity index is 1060. The molecular formula is C19H13BrFN3S. The summed E-state index contributed by atoms with van der Waals surface area (Å²) in [6.45, 7) is 2.07. The van der Waals surface area contributed by atoms with E-state index in [9.17, 15) is 4.39 Å². The van der Waals surface area contributed by atoms with E-state index in [0.717, 1.165) is 30.7 Å². The highest BCUT2D eigenvalue weighted by Gasteiger charge is 2.17. The Hall–Kier alpha value is -2.31. The van der Waals surface area contributed by atoms with Gasteiger partial charge in [-0.25, -0.2) is 14.4 Å². The molecule has 2 aromatic heterocycles. The van der Waals surface area contributed by atoms with Crippen LogP contribution in [0.5, 0.6) is 0 Å². The Labute approximate surface area is 156 Å². The molecule has 124 valence electrons. The number of rotatable bonds is 3. The van der Waals surface area contributed by atoms with Crippen LogP contribution in [0.3, 0.4) is 0 Å². The number of aromatic nitrogens is 2. The zero-order chi connectivity index (χ0) is 17.4. The third-order valence-electron chi connectivity index (χ3n) is 3.92. The Morgan fingerprint density at radius 2 is 1.80 bits per heavy atom. The molecule has 4 aromatic rings. The monoisotopic (exact) mass is 413 g/mol. The number of fused-ring (bicyclic) bond motifs is 1. The first-order valence-corrected chi connectivity index (χ1v) is 9.26. The van der Waals surface area contributed by atoms with E-state index in [1.54, 1.807) is 29.5 Å². The molecule has 3 nitrogen and oxygen atoms in total. The second kappa shape index (κ2) is 6.54. The van der Waals surface area contributed by atoms with Crippen molar-refractivity contribution in [2.45, 2.75) is 6.92 Å². The van der Waals surface area contributed by atoms with Crippen LogP contribution in [0, 0.1) is 12.7 Å². The number of benzene rings is 2. The number of nitrogens with one attached hydrogen (secondary N) is 1. The average molecular weight is 414 g/mol. The Morgan fingerprint density at radius 1 is 1.04 bits per heavy atom. The van der Waals surface area contributed by atoms with Crippen LogP contribution < -0.4 is 5.32 Å². The van der Waals surface area contributed by atoms with E-state index >= 15 is 0 Å². The summed E-state index contributed by atoms with van der Waals surface area (Å²) in [6, 6.07) is 14.7. The van der Waals surface area contributed by atoms with E-state index in [2.05, 4.69) is 50.3 Å². The van der Waals surface area contributed by atoms with Crippen molar-refractivity contribution >= 4 is 49.0 Å². The van der Waals surface area contributed by atoms with Crippen molar-refractivity contribution in [3.8, 4) is 11.1 Å². The van der Waals surface area contributed by atoms with E-state index in [4.69, 9.17) is 0 Å². The lowest BCUT2D eigenvalue weighted by Gasteiger charge is -2.09. The van der Waals surface area contributed by atoms with Crippen molar-refractivity contribution in [1.29, 1.82) is 0 Å². The highest BCUT2D eigenvalue weighted by molar-refractivity contribution is 9.10. The number of anilines is 2. The maximum Gasteiger partial charge on any atom is 0.146 e. The highest BCUT2D eigenvalue weighted by Crippen LogP contribution is 2.41. The highest BCUT2D eigenvalue weighted by atomic mass is 79.9. The first kappa shape index (κ1) is 16.2. The van der Waals surface area contributed by atoms with Gasteiger partial charge in [-0.15, -0.1) is 11.3 Å². The van der Waals surface area contributed by atoms with E-state index in [1.165, 1.54) is 12.4 Å². The molecule has 1 N–H and O–H groups in total. The van der Waals surface area contributed by atoms with Gasteiger partial charge in [0.1, 0.15) is 22.8 Å². The fraction of sp³-hybridized carbons (Fsp3) is 0.0526. The van der Waals surface area contributed by atoms with E-state index in [1.807, 2.05) is 12.1 Å². The molecule has 4 rings (SSSR count). The third kappa shape index (κ3) is 3.03. The average Bonchev–Trinajstić information content (AvgIpc) is 2.95. The standard InChI is InChI=1S/C19H13BrFN3S/c1-11-16(12-6-8-13(20)9-7-12)17-18(22-10-23-19(17)25-11)24-15-5-3-2-4-14(15)21/h2-10H,1H3,(H,22,23,24). The normalized spacial score (nSPS) is 11.0. The summed E-state index contributed by atoms with van der Waals surface area (Å²) in [5.74, 6) is 0.295. The van der Waals surface area contributed by atoms with Crippen LogP contribution in [0.4, 0.5) is 15.9 Å². The second-order valence-electron chi connectivity index (χ2n) is 5.55. The number of nitrogens with zero attached hydrogens (tertiary/aromatic N) is 2. The molecule has 0 aliphatic heterocycles. The summed E-state index contributed by atoms with van der Waals surface area (Å²) >= 11 is 5.08. The largest absolute Gasteiger partial charge is 0.337 e. The fourth-order valence-electron chi connectivity index (χ4n) is 2.79. The first-order chi connectivity index (χ1) is 12.1. The van der Waals surface area contributed by atoms with E-state index < -0.39 is 0 Å². The third-order valence-corrected chi connectivity index (χ3v) is 5.47. The SMILES string of the molecule is Cc1sc2ncnc(Nc3ccccc3F)c2c1-c1ccc(Br)cc1. The lowest BCUT2D eigenvalue weighted by Crippen LogP contribution is -1.97. The van der Waals surface area contributed by atoms with Gasteiger partial charge in [-0.3, -0.25) is 0 Å². The molecule has 6 heteroatoms. The quantitative estimate of drug-likeness (QED) is 0.427. The van der Waals surface area contributed by atoms with Crippen molar-refractivity contribution in [1.82, 2.24) is 9.97 Å². The van der Waals surface area contributed by atoms with Crippen LogP contribution in [0.25, 0.3) is 21.3 Å². The molecule has 2 aromatic carbocycles. The number of hydrogen-bond donors (Lipinski definition) is 1. The van der Waals surface area contributed by atoms with Gasteiger partial charge in [0, 0.05) is 14.9 Å². The lowest BCUT2D eigenvalue weighted by molar-refractivity contribution is 0.632. The van der Waals surface area contributed by atoms with Gasteiger partial charge in [0.05, 0.1) is 11.1 Å². The summed E-state index contributed by atoms with van der Waals surface area (Å²) in [7, 11) is 0. The molecule has 0 aliphatic rings. The molecule has 0 aliphatic carbocycles. The molecule has 0 saturated carbocycles. The van der Waals surface area contributed by atoms with Gasteiger partial charge in [0.25, 0.3) is 0 Å². The minimum Gasteiger partial charge on any atom is -0.337 e. The maximum atomic E-state index is 14.0. The predicted molar refractivity (Wildman–Crippen MR) is 105 cm³/mol. The van der Waals surface area contributed by atoms with Crippen molar-refractivity contribution < 1.29 is 4.39 Å². The van der Waals surface area contributed by atoms with Crippen molar-refractivity contribution in [3.05, 3.63) is 70.0 Å². The number of halogens is 2. The maximum absolute atomic E-state index is 14.0. The summed E-state index contributed by atoms with van der Waals surface area (Å²) in [5, 5.41) is 4.03. The molecule has 0 saturated heterocycles. The van der Waals surface area contributed by atoms with E-state index in [0.29, 0.717) is 11.5 Å². The van der Waals surface area contributed by atoms with Crippen LogP contribution in [0.2, 0.25) is 0 Å². The summed E-state index contributed by atoms with van der Waals surface area (Å²) in [4.78, 5) is 10.8. The molecule has 25 heavy (non-hydrogen) atoms. The van der Waals surface area contributed by atoms with Crippen molar-refractivity contribution in [3.63, 3.8) is 0 Å². The first-order valence-electron chi connectivity index (χ1n) is 7.65. The van der Waals surface area contributed by atoms with Gasteiger partial charge in [-0.2, -0.15) is 0 Å².